The second-order valence-corrected chi connectivity index (χ2v) is 3.69. The highest BCUT2D eigenvalue weighted by atomic mass is 16.5. The molecule has 0 aromatic heterocycles. The lowest BCUT2D eigenvalue weighted by atomic mass is 10.1. The van der Waals surface area contributed by atoms with Crippen molar-refractivity contribution >= 4 is 0 Å². The molecule has 0 amide bonds. The molecule has 4 nitrogen and oxygen atoms in total. The van der Waals surface area contributed by atoms with Crippen LogP contribution in [0.1, 0.15) is 18.5 Å². The number of aliphatic hydroxyl groups excluding tert-OH is 1. The van der Waals surface area contributed by atoms with Gasteiger partial charge < -0.3 is 19.9 Å². The number of methoxy groups -OCH3 is 1. The van der Waals surface area contributed by atoms with Gasteiger partial charge in [-0.15, -0.1) is 0 Å². The summed E-state index contributed by atoms with van der Waals surface area (Å²) in [6.07, 6.45) is 0. The average molecular weight is 239 g/mol. The molecule has 0 radical (unpaired) electrons. The first-order valence-electron chi connectivity index (χ1n) is 5.87. The standard InChI is InChI=1S/C13H21NO3/c1-3-17-12-6-4-5-11(9-12)13(10-15)14-7-8-16-2/h4-6,9,13-15H,3,7-8,10H2,1-2H3. The molecule has 96 valence electrons. The SMILES string of the molecule is CCOc1cccc(C(CO)NCCOC)c1. The molecule has 17 heavy (non-hydrogen) atoms. The number of benzene rings is 1. The van der Waals surface area contributed by atoms with Crippen LogP contribution < -0.4 is 10.1 Å². The largest absolute Gasteiger partial charge is 0.494 e. The van der Waals surface area contributed by atoms with Crippen LogP contribution in [0, 0.1) is 0 Å². The zero-order chi connectivity index (χ0) is 12.5. The Labute approximate surface area is 103 Å². The molecule has 0 spiro atoms. The summed E-state index contributed by atoms with van der Waals surface area (Å²) in [5.74, 6) is 0.831. The summed E-state index contributed by atoms with van der Waals surface area (Å²) >= 11 is 0. The Morgan fingerprint density at radius 2 is 2.24 bits per heavy atom. The molecule has 0 aliphatic carbocycles. The van der Waals surface area contributed by atoms with Gasteiger partial charge >= 0.3 is 0 Å². The Balaban J connectivity index is 2.63. The Hall–Kier alpha value is -1.10. The van der Waals surface area contributed by atoms with E-state index in [1.807, 2.05) is 31.2 Å². The zero-order valence-electron chi connectivity index (χ0n) is 10.5. The van der Waals surface area contributed by atoms with Gasteiger partial charge in [0.1, 0.15) is 5.75 Å². The molecule has 1 unspecified atom stereocenters. The normalized spacial score (nSPS) is 12.4. The van der Waals surface area contributed by atoms with E-state index in [4.69, 9.17) is 9.47 Å². The van der Waals surface area contributed by atoms with Gasteiger partial charge in [-0.2, -0.15) is 0 Å². The van der Waals surface area contributed by atoms with Crippen LogP contribution in [0.5, 0.6) is 5.75 Å². The van der Waals surface area contributed by atoms with Gasteiger partial charge in [-0.1, -0.05) is 12.1 Å². The monoisotopic (exact) mass is 239 g/mol. The van der Waals surface area contributed by atoms with E-state index in [1.165, 1.54) is 0 Å². The lowest BCUT2D eigenvalue weighted by Gasteiger charge is -2.17. The molecule has 0 saturated heterocycles. The van der Waals surface area contributed by atoms with Gasteiger partial charge in [-0.05, 0) is 24.6 Å². The third-order valence-electron chi connectivity index (χ3n) is 2.45. The molecule has 1 aromatic rings. The van der Waals surface area contributed by atoms with Crippen molar-refractivity contribution in [1.82, 2.24) is 5.32 Å². The molecule has 0 aliphatic heterocycles. The Bertz CT molecular complexity index is 317. The summed E-state index contributed by atoms with van der Waals surface area (Å²) in [6.45, 7) is 3.99. The fourth-order valence-corrected chi connectivity index (χ4v) is 1.61. The first-order valence-corrected chi connectivity index (χ1v) is 5.87. The molecule has 0 fully saturated rings. The summed E-state index contributed by atoms with van der Waals surface area (Å²) < 4.78 is 10.4. The van der Waals surface area contributed by atoms with Gasteiger partial charge in [0.2, 0.25) is 0 Å². The van der Waals surface area contributed by atoms with Crippen LogP contribution >= 0.6 is 0 Å². The van der Waals surface area contributed by atoms with Crippen molar-refractivity contribution in [2.45, 2.75) is 13.0 Å². The maximum Gasteiger partial charge on any atom is 0.119 e. The van der Waals surface area contributed by atoms with E-state index >= 15 is 0 Å². The van der Waals surface area contributed by atoms with Crippen LogP contribution in [0.15, 0.2) is 24.3 Å². The molecule has 0 aliphatic rings. The summed E-state index contributed by atoms with van der Waals surface area (Å²) in [6, 6.07) is 7.69. The van der Waals surface area contributed by atoms with E-state index in [0.717, 1.165) is 11.3 Å². The first-order chi connectivity index (χ1) is 8.31. The maximum absolute atomic E-state index is 9.36. The summed E-state index contributed by atoms with van der Waals surface area (Å²) in [5.41, 5.74) is 1.02. The van der Waals surface area contributed by atoms with E-state index < -0.39 is 0 Å². The van der Waals surface area contributed by atoms with Gasteiger partial charge in [0.05, 0.1) is 25.9 Å². The predicted octanol–water partition coefficient (Wildman–Crippen LogP) is 1.35. The highest BCUT2D eigenvalue weighted by molar-refractivity contribution is 5.30. The van der Waals surface area contributed by atoms with Crippen LogP contribution in [0.2, 0.25) is 0 Å². The van der Waals surface area contributed by atoms with Crippen molar-refractivity contribution in [3.63, 3.8) is 0 Å². The second kappa shape index (κ2) is 8.06. The minimum Gasteiger partial charge on any atom is -0.494 e. The van der Waals surface area contributed by atoms with E-state index in [-0.39, 0.29) is 12.6 Å². The summed E-state index contributed by atoms with van der Waals surface area (Å²) in [4.78, 5) is 0. The molecule has 1 rings (SSSR count). The maximum atomic E-state index is 9.36. The topological polar surface area (TPSA) is 50.7 Å². The minimum atomic E-state index is -0.0782. The number of ether oxygens (including phenoxy) is 2. The van der Waals surface area contributed by atoms with Gasteiger partial charge in [-0.25, -0.2) is 0 Å². The molecule has 1 atom stereocenters. The highest BCUT2D eigenvalue weighted by Crippen LogP contribution is 2.19. The average Bonchev–Trinajstić information content (AvgIpc) is 2.35. The molecular formula is C13H21NO3. The molecular weight excluding hydrogens is 218 g/mol. The smallest absolute Gasteiger partial charge is 0.119 e. The fourth-order valence-electron chi connectivity index (χ4n) is 1.61. The van der Waals surface area contributed by atoms with Crippen LogP contribution in [0.3, 0.4) is 0 Å². The second-order valence-electron chi connectivity index (χ2n) is 3.69. The third kappa shape index (κ3) is 4.73. The number of rotatable bonds is 8. The van der Waals surface area contributed by atoms with E-state index in [1.54, 1.807) is 7.11 Å². The number of hydrogen-bond acceptors (Lipinski definition) is 4. The van der Waals surface area contributed by atoms with Gasteiger partial charge in [0.25, 0.3) is 0 Å². The van der Waals surface area contributed by atoms with Gasteiger partial charge in [0.15, 0.2) is 0 Å². The van der Waals surface area contributed by atoms with E-state index in [9.17, 15) is 5.11 Å². The molecule has 0 heterocycles. The van der Waals surface area contributed by atoms with Crippen LogP contribution in [-0.4, -0.2) is 38.6 Å². The zero-order valence-corrected chi connectivity index (χ0v) is 10.5. The number of hydrogen-bond donors (Lipinski definition) is 2. The lowest BCUT2D eigenvalue weighted by molar-refractivity contribution is 0.184. The third-order valence-corrected chi connectivity index (χ3v) is 2.45. The predicted molar refractivity (Wildman–Crippen MR) is 67.3 cm³/mol. The van der Waals surface area contributed by atoms with Crippen molar-refractivity contribution in [2.24, 2.45) is 0 Å². The highest BCUT2D eigenvalue weighted by Gasteiger charge is 2.09. The van der Waals surface area contributed by atoms with Crippen molar-refractivity contribution in [1.29, 1.82) is 0 Å². The van der Waals surface area contributed by atoms with Crippen molar-refractivity contribution in [3.05, 3.63) is 29.8 Å². The fraction of sp³-hybridized carbons (Fsp3) is 0.538. The summed E-state index contributed by atoms with van der Waals surface area (Å²) in [7, 11) is 1.66. The minimum absolute atomic E-state index is 0.0549. The van der Waals surface area contributed by atoms with Crippen molar-refractivity contribution in [2.75, 3.05) is 33.5 Å². The van der Waals surface area contributed by atoms with E-state index in [0.29, 0.717) is 19.8 Å². The van der Waals surface area contributed by atoms with Gasteiger partial charge in [0, 0.05) is 13.7 Å². The Kier molecular flexibility index (Phi) is 6.62. The Morgan fingerprint density at radius 3 is 2.88 bits per heavy atom. The quantitative estimate of drug-likeness (QED) is 0.672. The Morgan fingerprint density at radius 1 is 1.41 bits per heavy atom. The van der Waals surface area contributed by atoms with Gasteiger partial charge in [-0.3, -0.25) is 0 Å². The van der Waals surface area contributed by atoms with Crippen LogP contribution in [0.25, 0.3) is 0 Å². The van der Waals surface area contributed by atoms with Crippen LogP contribution in [-0.2, 0) is 4.74 Å². The lowest BCUT2D eigenvalue weighted by Crippen LogP contribution is -2.27. The van der Waals surface area contributed by atoms with E-state index in [2.05, 4.69) is 5.32 Å². The molecule has 4 heteroatoms. The molecule has 0 saturated carbocycles. The summed E-state index contributed by atoms with van der Waals surface area (Å²) in [5, 5.41) is 12.6. The molecule has 1 aromatic carbocycles. The van der Waals surface area contributed by atoms with Crippen molar-refractivity contribution < 1.29 is 14.6 Å². The number of aliphatic hydroxyl groups is 1. The molecule has 2 N–H and O–H groups in total. The van der Waals surface area contributed by atoms with Crippen LogP contribution in [0.4, 0.5) is 0 Å². The first kappa shape index (κ1) is 14.0. The molecule has 0 bridgehead atoms. The van der Waals surface area contributed by atoms with Crippen molar-refractivity contribution in [3.8, 4) is 5.75 Å². The number of nitrogens with one attached hydrogen (secondary N) is 1.